The van der Waals surface area contributed by atoms with E-state index >= 15 is 0 Å². The van der Waals surface area contributed by atoms with Gasteiger partial charge in [0, 0.05) is 6.21 Å². The fourth-order valence-corrected chi connectivity index (χ4v) is 0.435. The third-order valence-corrected chi connectivity index (χ3v) is 1.15. The molecule has 0 saturated carbocycles. The van der Waals surface area contributed by atoms with Crippen molar-refractivity contribution in [3.8, 4) is 0 Å². The van der Waals surface area contributed by atoms with Gasteiger partial charge in [0.1, 0.15) is 0 Å². The summed E-state index contributed by atoms with van der Waals surface area (Å²) in [5.74, 6) is 0. The number of hydrogen-bond acceptors (Lipinski definition) is 2. The van der Waals surface area contributed by atoms with E-state index in [2.05, 4.69) is 10.5 Å². The summed E-state index contributed by atoms with van der Waals surface area (Å²) in [5.41, 5.74) is 7.96. The van der Waals surface area contributed by atoms with E-state index in [9.17, 15) is 4.79 Å². The number of allylic oxidation sites excluding steroid dienone is 4. The lowest BCUT2D eigenvalue weighted by atomic mass is 10.3. The van der Waals surface area contributed by atoms with E-state index < -0.39 is 6.03 Å². The molecule has 0 aromatic heterocycles. The summed E-state index contributed by atoms with van der Waals surface area (Å²) in [6.07, 6.45) is 7.00. The van der Waals surface area contributed by atoms with E-state index in [4.69, 9.17) is 5.73 Å². The molecule has 0 heterocycles. The van der Waals surface area contributed by atoms with Crippen molar-refractivity contribution in [1.29, 1.82) is 0 Å². The normalized spacial score (nSPS) is 12.7. The zero-order valence-corrected chi connectivity index (χ0v) is 7.24. The number of urea groups is 1. The molecular weight excluding hydrogens is 154 g/mol. The van der Waals surface area contributed by atoms with Crippen LogP contribution >= 0.6 is 0 Å². The molecule has 66 valence electrons. The van der Waals surface area contributed by atoms with Crippen molar-refractivity contribution < 1.29 is 4.79 Å². The summed E-state index contributed by atoms with van der Waals surface area (Å²) in [4.78, 5) is 10.1. The number of primary amides is 1. The Balaban J connectivity index is 3.74. The largest absolute Gasteiger partial charge is 0.350 e. The van der Waals surface area contributed by atoms with Crippen molar-refractivity contribution in [2.24, 2.45) is 10.8 Å². The highest BCUT2D eigenvalue weighted by Crippen LogP contribution is 1.91. The average molecular weight is 167 g/mol. The topological polar surface area (TPSA) is 67.5 Å². The first-order chi connectivity index (χ1) is 5.66. The molecule has 0 bridgehead atoms. The van der Waals surface area contributed by atoms with Gasteiger partial charge in [0.25, 0.3) is 0 Å². The minimum atomic E-state index is -0.664. The van der Waals surface area contributed by atoms with Crippen LogP contribution in [0.4, 0.5) is 4.79 Å². The van der Waals surface area contributed by atoms with Crippen LogP contribution in [0.15, 0.2) is 28.9 Å². The molecule has 4 nitrogen and oxygen atoms in total. The molecule has 3 N–H and O–H groups in total. The Kier molecular flexibility index (Phi) is 5.34. The van der Waals surface area contributed by atoms with Gasteiger partial charge in [-0.15, -0.1) is 0 Å². The highest BCUT2D eigenvalue weighted by Gasteiger charge is 1.80. The number of rotatable bonds is 3. The third-order valence-electron chi connectivity index (χ3n) is 1.15. The van der Waals surface area contributed by atoms with Gasteiger partial charge in [-0.1, -0.05) is 17.7 Å². The Morgan fingerprint density at radius 3 is 2.75 bits per heavy atom. The molecular formula is C8H13N3O. The number of hydrazone groups is 1. The van der Waals surface area contributed by atoms with E-state index in [1.165, 1.54) is 6.21 Å². The molecule has 2 amide bonds. The second kappa shape index (κ2) is 6.15. The zero-order chi connectivity index (χ0) is 9.40. The number of nitrogens with zero attached hydrogens (tertiary/aromatic N) is 1. The first-order valence-corrected chi connectivity index (χ1v) is 3.55. The number of nitrogens with one attached hydrogen (secondary N) is 1. The molecule has 0 atom stereocenters. The third kappa shape index (κ3) is 6.54. The Morgan fingerprint density at radius 1 is 1.58 bits per heavy atom. The van der Waals surface area contributed by atoms with Crippen molar-refractivity contribution in [2.45, 2.75) is 13.8 Å². The minimum Gasteiger partial charge on any atom is -0.350 e. The molecule has 0 saturated heterocycles. The van der Waals surface area contributed by atoms with Crippen LogP contribution in [0.1, 0.15) is 13.8 Å². The molecule has 0 spiro atoms. The van der Waals surface area contributed by atoms with Gasteiger partial charge in [-0.25, -0.2) is 10.2 Å². The molecule has 0 radical (unpaired) electrons. The first kappa shape index (κ1) is 10.4. The van der Waals surface area contributed by atoms with Gasteiger partial charge in [0.2, 0.25) is 0 Å². The van der Waals surface area contributed by atoms with Crippen LogP contribution in [-0.2, 0) is 0 Å². The summed E-state index contributed by atoms with van der Waals surface area (Å²) >= 11 is 0. The molecule has 0 aliphatic carbocycles. The van der Waals surface area contributed by atoms with Gasteiger partial charge >= 0.3 is 6.03 Å². The Morgan fingerprint density at radius 2 is 2.25 bits per heavy atom. The van der Waals surface area contributed by atoms with Crippen molar-refractivity contribution in [3.63, 3.8) is 0 Å². The molecule has 0 rings (SSSR count). The average Bonchev–Trinajstić information content (AvgIpc) is 2.03. The second-order valence-corrected chi connectivity index (χ2v) is 2.15. The monoisotopic (exact) mass is 167 g/mol. The Hall–Kier alpha value is -1.58. The van der Waals surface area contributed by atoms with Crippen LogP contribution in [-0.4, -0.2) is 12.2 Å². The fraction of sp³-hybridized carbons (Fsp3) is 0.250. The van der Waals surface area contributed by atoms with Crippen LogP contribution in [0, 0.1) is 0 Å². The van der Waals surface area contributed by atoms with E-state index in [0.717, 1.165) is 5.57 Å². The number of nitrogens with two attached hydrogens (primary N) is 1. The molecule has 0 aromatic rings. The maximum Gasteiger partial charge on any atom is 0.332 e. The van der Waals surface area contributed by atoms with Crippen LogP contribution in [0.3, 0.4) is 0 Å². The van der Waals surface area contributed by atoms with Gasteiger partial charge in [0.05, 0.1) is 0 Å². The molecule has 0 fully saturated rings. The minimum absolute atomic E-state index is 0.664. The number of hydrogen-bond donors (Lipinski definition) is 2. The molecule has 0 aromatic carbocycles. The van der Waals surface area contributed by atoms with E-state index in [-0.39, 0.29) is 0 Å². The zero-order valence-electron chi connectivity index (χ0n) is 7.24. The van der Waals surface area contributed by atoms with E-state index in [1.54, 1.807) is 6.08 Å². The summed E-state index contributed by atoms with van der Waals surface area (Å²) in [5, 5.41) is 3.51. The summed E-state index contributed by atoms with van der Waals surface area (Å²) in [6, 6.07) is -0.664. The quantitative estimate of drug-likeness (QED) is 0.369. The summed E-state index contributed by atoms with van der Waals surface area (Å²) in [6.45, 7) is 3.91. The number of amides is 2. The van der Waals surface area contributed by atoms with Gasteiger partial charge in [-0.3, -0.25) is 0 Å². The molecule has 0 aliphatic rings. The van der Waals surface area contributed by atoms with Gasteiger partial charge in [-0.05, 0) is 19.9 Å². The van der Waals surface area contributed by atoms with E-state index in [0.29, 0.717) is 0 Å². The maximum absolute atomic E-state index is 10.1. The highest BCUT2D eigenvalue weighted by atomic mass is 16.2. The van der Waals surface area contributed by atoms with Crippen LogP contribution in [0.5, 0.6) is 0 Å². The summed E-state index contributed by atoms with van der Waals surface area (Å²) in [7, 11) is 0. The predicted octanol–water partition coefficient (Wildman–Crippen LogP) is 1.16. The van der Waals surface area contributed by atoms with Crippen molar-refractivity contribution >= 4 is 12.2 Å². The lowest BCUT2D eigenvalue weighted by Crippen LogP contribution is -2.24. The van der Waals surface area contributed by atoms with Crippen LogP contribution in [0.25, 0.3) is 0 Å². The maximum atomic E-state index is 10.1. The van der Waals surface area contributed by atoms with E-state index in [1.807, 2.05) is 26.0 Å². The van der Waals surface area contributed by atoms with Gasteiger partial charge < -0.3 is 5.73 Å². The first-order valence-electron chi connectivity index (χ1n) is 3.55. The van der Waals surface area contributed by atoms with Gasteiger partial charge in [-0.2, -0.15) is 5.10 Å². The predicted molar refractivity (Wildman–Crippen MR) is 49.8 cm³/mol. The smallest absolute Gasteiger partial charge is 0.332 e. The lowest BCUT2D eigenvalue weighted by Gasteiger charge is -1.87. The van der Waals surface area contributed by atoms with Crippen LogP contribution in [0.2, 0.25) is 0 Å². The number of carbonyl (C=O) groups excluding carboxylic acids is 1. The van der Waals surface area contributed by atoms with Crippen LogP contribution < -0.4 is 11.2 Å². The molecule has 12 heavy (non-hydrogen) atoms. The summed E-state index contributed by atoms with van der Waals surface area (Å²) < 4.78 is 0. The second-order valence-electron chi connectivity index (χ2n) is 2.15. The molecule has 0 aliphatic heterocycles. The Bertz CT molecular complexity index is 228. The molecule has 4 heteroatoms. The van der Waals surface area contributed by atoms with Crippen molar-refractivity contribution in [2.75, 3.05) is 0 Å². The fourth-order valence-electron chi connectivity index (χ4n) is 0.435. The Labute approximate surface area is 71.8 Å². The standard InChI is InChI=1S/C8H13N3O/c1-3-7(2)5-4-6-10-11-8(9)12/h3-6H,1-2H3,(H3,9,11,12)/b5-4+,7-3-,10-6+. The SMILES string of the molecule is C\C=C(C)/C=C/C=N/NC(N)=O. The highest BCUT2D eigenvalue weighted by molar-refractivity contribution is 5.76. The molecule has 0 unspecified atom stereocenters. The lowest BCUT2D eigenvalue weighted by molar-refractivity contribution is 0.249. The number of carbonyl (C=O) groups is 1. The van der Waals surface area contributed by atoms with Crippen molar-refractivity contribution in [3.05, 3.63) is 23.8 Å². The van der Waals surface area contributed by atoms with Crippen molar-refractivity contribution in [1.82, 2.24) is 5.43 Å². The van der Waals surface area contributed by atoms with Gasteiger partial charge in [0.15, 0.2) is 0 Å².